The van der Waals surface area contributed by atoms with E-state index < -0.39 is 5.97 Å². The highest BCUT2D eigenvalue weighted by atomic mass is 35.5. The second-order valence-electron chi connectivity index (χ2n) is 5.35. The maximum Gasteiger partial charge on any atom is 0.338 e. The van der Waals surface area contributed by atoms with Gasteiger partial charge < -0.3 is 4.74 Å². The highest BCUT2D eigenvalue weighted by Gasteiger charge is 2.16. The molecule has 0 saturated heterocycles. The van der Waals surface area contributed by atoms with Crippen LogP contribution < -0.4 is 0 Å². The molecule has 1 aliphatic rings. The summed E-state index contributed by atoms with van der Waals surface area (Å²) in [5.41, 5.74) is 3.48. The lowest BCUT2D eigenvalue weighted by molar-refractivity contribution is 0.0475. The molecule has 0 radical (unpaired) electrons. The first-order chi connectivity index (χ1) is 10.6. The van der Waals surface area contributed by atoms with Crippen molar-refractivity contribution in [3.8, 4) is 0 Å². The molecule has 3 nitrogen and oxygen atoms in total. The number of Topliss-reactive ketones (excluding diaryl/α,β-unsaturated/α-hetero) is 1. The van der Waals surface area contributed by atoms with Crippen molar-refractivity contribution in [3.63, 3.8) is 0 Å². The lowest BCUT2D eigenvalue weighted by Crippen LogP contribution is -2.14. The largest absolute Gasteiger partial charge is 0.454 e. The molecule has 0 heterocycles. The Hall–Kier alpha value is -2.13. The molecule has 0 N–H and O–H groups in total. The number of ketones is 1. The predicted octanol–water partition coefficient (Wildman–Crippen LogP) is 3.87. The topological polar surface area (TPSA) is 43.4 Å². The van der Waals surface area contributed by atoms with Crippen molar-refractivity contribution in [3.05, 3.63) is 69.7 Å². The SMILES string of the molecule is O=C(COC(=O)c1cccc(Cl)c1)c1ccc2c(c1)CCC2. The fraction of sp³-hybridized carbons (Fsp3) is 0.222. The van der Waals surface area contributed by atoms with Gasteiger partial charge in [0.1, 0.15) is 0 Å². The number of carbonyl (C=O) groups excluding carboxylic acids is 2. The third kappa shape index (κ3) is 3.20. The van der Waals surface area contributed by atoms with Gasteiger partial charge in [-0.1, -0.05) is 29.8 Å². The van der Waals surface area contributed by atoms with Crippen molar-refractivity contribution in [2.45, 2.75) is 19.3 Å². The first kappa shape index (κ1) is 14.8. The Balaban J connectivity index is 1.64. The fourth-order valence-corrected chi connectivity index (χ4v) is 2.85. The summed E-state index contributed by atoms with van der Waals surface area (Å²) in [5, 5.41) is 0.458. The normalized spacial score (nSPS) is 12.8. The van der Waals surface area contributed by atoms with Gasteiger partial charge in [-0.05, 0) is 54.7 Å². The number of benzene rings is 2. The molecule has 0 unspecified atom stereocenters. The van der Waals surface area contributed by atoms with E-state index in [1.54, 1.807) is 24.3 Å². The Kier molecular flexibility index (Phi) is 4.25. The third-order valence-corrected chi connectivity index (χ3v) is 4.05. The van der Waals surface area contributed by atoms with Crippen LogP contribution in [-0.4, -0.2) is 18.4 Å². The van der Waals surface area contributed by atoms with Crippen molar-refractivity contribution in [1.82, 2.24) is 0 Å². The van der Waals surface area contributed by atoms with Gasteiger partial charge in [0.25, 0.3) is 0 Å². The average Bonchev–Trinajstić information content (AvgIpc) is 2.99. The summed E-state index contributed by atoms with van der Waals surface area (Å²) in [6.07, 6.45) is 3.23. The van der Waals surface area contributed by atoms with Gasteiger partial charge in [0.05, 0.1) is 5.56 Å². The lowest BCUT2D eigenvalue weighted by atomic mass is 10.0. The Morgan fingerprint density at radius 3 is 2.64 bits per heavy atom. The molecular formula is C18H15ClO3. The summed E-state index contributed by atoms with van der Waals surface area (Å²) in [7, 11) is 0. The summed E-state index contributed by atoms with van der Waals surface area (Å²) in [5.74, 6) is -0.734. The van der Waals surface area contributed by atoms with Gasteiger partial charge in [-0.25, -0.2) is 4.79 Å². The Morgan fingerprint density at radius 1 is 1.00 bits per heavy atom. The molecule has 0 fully saturated rings. The number of aryl methyl sites for hydroxylation is 2. The highest BCUT2D eigenvalue weighted by molar-refractivity contribution is 6.30. The van der Waals surface area contributed by atoms with Crippen LogP contribution in [0.25, 0.3) is 0 Å². The van der Waals surface area contributed by atoms with Crippen LogP contribution in [0.15, 0.2) is 42.5 Å². The van der Waals surface area contributed by atoms with Crippen molar-refractivity contribution in [2.24, 2.45) is 0 Å². The third-order valence-electron chi connectivity index (χ3n) is 3.82. The van der Waals surface area contributed by atoms with E-state index in [0.29, 0.717) is 16.1 Å². The van der Waals surface area contributed by atoms with Gasteiger partial charge in [0.15, 0.2) is 12.4 Å². The molecule has 112 valence electrons. The first-order valence-electron chi connectivity index (χ1n) is 7.21. The van der Waals surface area contributed by atoms with Crippen LogP contribution in [0.3, 0.4) is 0 Å². The predicted molar refractivity (Wildman–Crippen MR) is 84.5 cm³/mol. The van der Waals surface area contributed by atoms with Gasteiger partial charge in [0, 0.05) is 10.6 Å². The average molecular weight is 315 g/mol. The zero-order valence-electron chi connectivity index (χ0n) is 12.0. The van der Waals surface area contributed by atoms with Gasteiger partial charge >= 0.3 is 5.97 Å². The van der Waals surface area contributed by atoms with Crippen molar-refractivity contribution < 1.29 is 14.3 Å². The van der Waals surface area contributed by atoms with Crippen molar-refractivity contribution >= 4 is 23.4 Å². The number of rotatable bonds is 4. The zero-order valence-corrected chi connectivity index (χ0v) is 12.7. The fourth-order valence-electron chi connectivity index (χ4n) is 2.66. The van der Waals surface area contributed by atoms with E-state index >= 15 is 0 Å². The van der Waals surface area contributed by atoms with E-state index in [0.717, 1.165) is 19.3 Å². The van der Waals surface area contributed by atoms with E-state index in [-0.39, 0.29) is 12.4 Å². The molecule has 0 aliphatic heterocycles. The maximum atomic E-state index is 12.1. The molecule has 1 aliphatic carbocycles. The van der Waals surface area contributed by atoms with Crippen molar-refractivity contribution in [2.75, 3.05) is 6.61 Å². The second kappa shape index (κ2) is 6.32. The van der Waals surface area contributed by atoms with Crippen LogP contribution in [-0.2, 0) is 17.6 Å². The van der Waals surface area contributed by atoms with Crippen LogP contribution in [0.4, 0.5) is 0 Å². The van der Waals surface area contributed by atoms with Gasteiger partial charge in [-0.15, -0.1) is 0 Å². The van der Waals surface area contributed by atoms with Crippen LogP contribution in [0.1, 0.15) is 38.3 Å². The summed E-state index contributed by atoms with van der Waals surface area (Å²) >= 11 is 5.83. The number of esters is 1. The van der Waals surface area contributed by atoms with E-state index in [9.17, 15) is 9.59 Å². The van der Waals surface area contributed by atoms with E-state index in [4.69, 9.17) is 16.3 Å². The number of fused-ring (bicyclic) bond motifs is 1. The first-order valence-corrected chi connectivity index (χ1v) is 7.59. The van der Waals surface area contributed by atoms with E-state index in [2.05, 4.69) is 0 Å². The molecule has 22 heavy (non-hydrogen) atoms. The summed E-state index contributed by atoms with van der Waals surface area (Å²) in [4.78, 5) is 24.0. The summed E-state index contributed by atoms with van der Waals surface area (Å²) in [6.45, 7) is -0.260. The quantitative estimate of drug-likeness (QED) is 0.635. The molecule has 4 heteroatoms. The Labute approximate surface area is 133 Å². The number of carbonyl (C=O) groups is 2. The molecule has 0 aromatic heterocycles. The highest BCUT2D eigenvalue weighted by Crippen LogP contribution is 2.23. The van der Waals surface area contributed by atoms with Gasteiger partial charge in [-0.2, -0.15) is 0 Å². The minimum atomic E-state index is -0.544. The standard InChI is InChI=1S/C18H15ClO3/c19-16-6-2-5-15(10-16)18(21)22-11-17(20)14-8-7-12-3-1-4-13(12)9-14/h2,5-10H,1,3-4,11H2. The van der Waals surface area contributed by atoms with Crippen LogP contribution in [0.5, 0.6) is 0 Å². The molecule has 0 spiro atoms. The number of hydrogen-bond donors (Lipinski definition) is 0. The van der Waals surface area contributed by atoms with Crippen LogP contribution >= 0.6 is 11.6 Å². The molecule has 3 rings (SSSR count). The summed E-state index contributed by atoms with van der Waals surface area (Å²) in [6, 6.07) is 12.2. The zero-order chi connectivity index (χ0) is 15.5. The van der Waals surface area contributed by atoms with Crippen molar-refractivity contribution in [1.29, 1.82) is 0 Å². The molecule has 0 amide bonds. The maximum absolute atomic E-state index is 12.1. The molecule has 2 aromatic carbocycles. The molecule has 0 atom stereocenters. The monoisotopic (exact) mass is 314 g/mol. The number of halogens is 1. The van der Waals surface area contributed by atoms with Crippen LogP contribution in [0.2, 0.25) is 5.02 Å². The van der Waals surface area contributed by atoms with E-state index in [1.807, 2.05) is 12.1 Å². The van der Waals surface area contributed by atoms with Crippen LogP contribution in [0, 0.1) is 0 Å². The molecule has 0 saturated carbocycles. The molecule has 0 bridgehead atoms. The van der Waals surface area contributed by atoms with E-state index in [1.165, 1.54) is 17.2 Å². The minimum Gasteiger partial charge on any atom is -0.454 e. The molecule has 2 aromatic rings. The van der Waals surface area contributed by atoms with Gasteiger partial charge in [0.2, 0.25) is 0 Å². The Bertz CT molecular complexity index is 737. The van der Waals surface area contributed by atoms with Gasteiger partial charge in [-0.3, -0.25) is 4.79 Å². The number of ether oxygens (including phenoxy) is 1. The Morgan fingerprint density at radius 2 is 1.82 bits per heavy atom. The minimum absolute atomic E-state index is 0.190. The smallest absolute Gasteiger partial charge is 0.338 e. The lowest BCUT2D eigenvalue weighted by Gasteiger charge is -2.06. The number of hydrogen-bond acceptors (Lipinski definition) is 3. The summed E-state index contributed by atoms with van der Waals surface area (Å²) < 4.78 is 5.07. The molecular weight excluding hydrogens is 300 g/mol. The second-order valence-corrected chi connectivity index (χ2v) is 5.78.